The van der Waals surface area contributed by atoms with Crippen molar-refractivity contribution >= 4 is 11.3 Å². The highest BCUT2D eigenvalue weighted by molar-refractivity contribution is 7.11. The minimum absolute atomic E-state index is 0.372. The van der Waals surface area contributed by atoms with Crippen molar-refractivity contribution in [3.63, 3.8) is 0 Å². The Bertz CT molecular complexity index is 391. The Balaban J connectivity index is 3.02. The van der Waals surface area contributed by atoms with Crippen molar-refractivity contribution in [2.24, 2.45) is 0 Å². The molecule has 0 amide bonds. The first-order chi connectivity index (χ1) is 8.16. The summed E-state index contributed by atoms with van der Waals surface area (Å²) in [4.78, 5) is 4.47. The van der Waals surface area contributed by atoms with Gasteiger partial charge >= 0.3 is 6.18 Å². The Labute approximate surface area is 110 Å². The van der Waals surface area contributed by atoms with Gasteiger partial charge in [-0.25, -0.2) is 4.98 Å². The zero-order valence-electron chi connectivity index (χ0n) is 11.1. The number of hydrogen-bond donors (Lipinski definition) is 1. The standard InChI is InChI=1S/C12H19F3N2S/c1-5-6-16-7-8-9(11(2,3)4)17-10(18-8)12(13,14)15/h16H,5-7H2,1-4H3. The Kier molecular flexibility index (Phi) is 4.78. The molecule has 1 aromatic rings. The molecule has 0 aliphatic carbocycles. The van der Waals surface area contributed by atoms with Crippen LogP contribution in [0.3, 0.4) is 0 Å². The molecule has 104 valence electrons. The fraction of sp³-hybridized carbons (Fsp3) is 0.750. The monoisotopic (exact) mass is 280 g/mol. The molecule has 2 nitrogen and oxygen atoms in total. The van der Waals surface area contributed by atoms with Crippen molar-refractivity contribution in [3.8, 4) is 0 Å². The van der Waals surface area contributed by atoms with Crippen molar-refractivity contribution in [2.45, 2.75) is 52.3 Å². The summed E-state index contributed by atoms with van der Waals surface area (Å²) < 4.78 is 38.1. The SMILES string of the molecule is CCCNCc1sc(C(F)(F)F)nc1C(C)(C)C. The summed E-state index contributed by atoms with van der Waals surface area (Å²) in [5, 5.41) is 2.38. The molecule has 0 spiro atoms. The number of halogens is 3. The second kappa shape index (κ2) is 5.57. The maximum absolute atomic E-state index is 12.7. The summed E-state index contributed by atoms with van der Waals surface area (Å²) in [6, 6.07) is 0. The summed E-state index contributed by atoms with van der Waals surface area (Å²) in [7, 11) is 0. The number of hydrogen-bond acceptors (Lipinski definition) is 3. The zero-order valence-corrected chi connectivity index (χ0v) is 11.9. The van der Waals surface area contributed by atoms with Gasteiger partial charge in [-0.1, -0.05) is 27.7 Å². The number of nitrogens with one attached hydrogen (secondary N) is 1. The molecular weight excluding hydrogens is 261 g/mol. The Morgan fingerprint density at radius 2 is 1.83 bits per heavy atom. The zero-order chi connectivity index (χ0) is 14.0. The van der Waals surface area contributed by atoms with Crippen LogP contribution in [0.1, 0.15) is 49.7 Å². The Hall–Kier alpha value is -0.620. The molecule has 6 heteroatoms. The van der Waals surface area contributed by atoms with E-state index in [1.54, 1.807) is 0 Å². The molecule has 0 saturated carbocycles. The van der Waals surface area contributed by atoms with E-state index in [0.29, 0.717) is 17.1 Å². The fourth-order valence-corrected chi connectivity index (χ4v) is 2.67. The van der Waals surface area contributed by atoms with E-state index in [9.17, 15) is 13.2 Å². The summed E-state index contributed by atoms with van der Waals surface area (Å²) in [6.07, 6.45) is -3.40. The molecular formula is C12H19F3N2S. The third-order valence-electron chi connectivity index (χ3n) is 2.36. The van der Waals surface area contributed by atoms with Crippen LogP contribution in [0.5, 0.6) is 0 Å². The molecule has 1 N–H and O–H groups in total. The highest BCUT2D eigenvalue weighted by Crippen LogP contribution is 2.37. The van der Waals surface area contributed by atoms with Gasteiger partial charge in [0.25, 0.3) is 0 Å². The number of aromatic nitrogens is 1. The topological polar surface area (TPSA) is 24.9 Å². The molecule has 1 rings (SSSR count). The van der Waals surface area contributed by atoms with Gasteiger partial charge in [-0.3, -0.25) is 0 Å². The van der Waals surface area contributed by atoms with Gasteiger partial charge in [0.05, 0.1) is 5.69 Å². The fourth-order valence-electron chi connectivity index (χ4n) is 1.56. The molecule has 0 saturated heterocycles. The van der Waals surface area contributed by atoms with Crippen LogP contribution < -0.4 is 5.32 Å². The molecule has 0 aromatic carbocycles. The smallest absolute Gasteiger partial charge is 0.312 e. The highest BCUT2D eigenvalue weighted by Gasteiger charge is 2.37. The molecule has 0 aliphatic rings. The first-order valence-electron chi connectivity index (χ1n) is 5.94. The number of nitrogens with zero attached hydrogens (tertiary/aromatic N) is 1. The molecule has 0 radical (unpaired) electrons. The van der Waals surface area contributed by atoms with Crippen LogP contribution in [0.25, 0.3) is 0 Å². The minimum atomic E-state index is -4.35. The van der Waals surface area contributed by atoms with Gasteiger partial charge in [-0.05, 0) is 13.0 Å². The molecule has 1 aromatic heterocycles. The molecule has 1 heterocycles. The van der Waals surface area contributed by atoms with E-state index in [1.807, 2.05) is 27.7 Å². The van der Waals surface area contributed by atoms with Crippen LogP contribution in [-0.2, 0) is 18.1 Å². The van der Waals surface area contributed by atoms with Crippen LogP contribution in [0.2, 0.25) is 0 Å². The molecule has 0 atom stereocenters. The van der Waals surface area contributed by atoms with E-state index >= 15 is 0 Å². The quantitative estimate of drug-likeness (QED) is 0.844. The Morgan fingerprint density at radius 1 is 1.22 bits per heavy atom. The Morgan fingerprint density at radius 3 is 2.28 bits per heavy atom. The van der Waals surface area contributed by atoms with E-state index in [4.69, 9.17) is 0 Å². The van der Waals surface area contributed by atoms with Crippen molar-refractivity contribution in [1.29, 1.82) is 0 Å². The third-order valence-corrected chi connectivity index (χ3v) is 3.46. The van der Waals surface area contributed by atoms with Crippen LogP contribution >= 0.6 is 11.3 Å². The summed E-state index contributed by atoms with van der Waals surface area (Å²) in [5.74, 6) is 0. The van der Waals surface area contributed by atoms with Crippen LogP contribution in [0, 0.1) is 0 Å². The van der Waals surface area contributed by atoms with Gasteiger partial charge in [0.1, 0.15) is 0 Å². The molecule has 0 aliphatic heterocycles. The largest absolute Gasteiger partial charge is 0.443 e. The molecule has 0 bridgehead atoms. The second-order valence-corrected chi connectivity index (χ2v) is 6.30. The van der Waals surface area contributed by atoms with Crippen molar-refractivity contribution in [1.82, 2.24) is 10.3 Å². The lowest BCUT2D eigenvalue weighted by Gasteiger charge is -2.17. The maximum Gasteiger partial charge on any atom is 0.443 e. The molecule has 0 fully saturated rings. The number of alkyl halides is 3. The van der Waals surface area contributed by atoms with Crippen LogP contribution in [0.15, 0.2) is 0 Å². The predicted octanol–water partition coefficient (Wildman–Crippen LogP) is 3.96. The van der Waals surface area contributed by atoms with E-state index < -0.39 is 11.2 Å². The normalized spacial score (nSPS) is 13.1. The van der Waals surface area contributed by atoms with Gasteiger partial charge in [0.2, 0.25) is 0 Å². The van der Waals surface area contributed by atoms with Crippen molar-refractivity contribution in [2.75, 3.05) is 6.54 Å². The second-order valence-electron chi connectivity index (χ2n) is 5.22. The predicted molar refractivity (Wildman–Crippen MR) is 67.8 cm³/mol. The first kappa shape index (κ1) is 15.4. The van der Waals surface area contributed by atoms with Gasteiger partial charge in [-0.15, -0.1) is 11.3 Å². The minimum Gasteiger partial charge on any atom is -0.312 e. The van der Waals surface area contributed by atoms with E-state index in [0.717, 1.165) is 24.3 Å². The first-order valence-corrected chi connectivity index (χ1v) is 6.76. The third kappa shape index (κ3) is 3.95. The van der Waals surface area contributed by atoms with E-state index in [1.165, 1.54) is 0 Å². The molecule has 18 heavy (non-hydrogen) atoms. The average molecular weight is 280 g/mol. The van der Waals surface area contributed by atoms with Gasteiger partial charge in [0, 0.05) is 16.8 Å². The van der Waals surface area contributed by atoms with E-state index in [2.05, 4.69) is 10.3 Å². The lowest BCUT2D eigenvalue weighted by Crippen LogP contribution is -2.19. The molecule has 0 unspecified atom stereocenters. The summed E-state index contributed by atoms with van der Waals surface area (Å²) in [5.41, 5.74) is 0.173. The highest BCUT2D eigenvalue weighted by atomic mass is 32.1. The average Bonchev–Trinajstić information content (AvgIpc) is 2.61. The summed E-state index contributed by atoms with van der Waals surface area (Å²) in [6.45, 7) is 8.91. The lowest BCUT2D eigenvalue weighted by atomic mass is 9.91. The summed E-state index contributed by atoms with van der Waals surface area (Å²) >= 11 is 0.745. The van der Waals surface area contributed by atoms with Crippen molar-refractivity contribution < 1.29 is 13.2 Å². The number of thiazole rings is 1. The van der Waals surface area contributed by atoms with E-state index in [-0.39, 0.29) is 5.41 Å². The van der Waals surface area contributed by atoms with Gasteiger partial charge in [-0.2, -0.15) is 13.2 Å². The van der Waals surface area contributed by atoms with Crippen LogP contribution in [0.4, 0.5) is 13.2 Å². The van der Waals surface area contributed by atoms with Gasteiger partial charge < -0.3 is 5.32 Å². The lowest BCUT2D eigenvalue weighted by molar-refractivity contribution is -0.137. The number of rotatable bonds is 4. The van der Waals surface area contributed by atoms with Gasteiger partial charge in [0.15, 0.2) is 5.01 Å². The van der Waals surface area contributed by atoms with Crippen molar-refractivity contribution in [3.05, 3.63) is 15.6 Å². The van der Waals surface area contributed by atoms with Crippen LogP contribution in [-0.4, -0.2) is 11.5 Å². The maximum atomic E-state index is 12.7.